The zero-order valence-corrected chi connectivity index (χ0v) is 22.1. The lowest BCUT2D eigenvalue weighted by atomic mass is 9.51. The van der Waals surface area contributed by atoms with Crippen molar-refractivity contribution in [1.29, 1.82) is 0 Å². The van der Waals surface area contributed by atoms with Gasteiger partial charge in [0.05, 0.1) is 0 Å². The molecule has 0 spiro atoms. The van der Waals surface area contributed by atoms with Crippen LogP contribution < -0.4 is 0 Å². The predicted molar refractivity (Wildman–Crippen MR) is 146 cm³/mol. The van der Waals surface area contributed by atoms with Crippen molar-refractivity contribution in [1.82, 2.24) is 0 Å². The van der Waals surface area contributed by atoms with Crippen molar-refractivity contribution in [2.45, 2.75) is 92.4 Å². The van der Waals surface area contributed by atoms with Gasteiger partial charge in [-0.25, -0.2) is 0 Å². The molecule has 0 saturated heterocycles. The van der Waals surface area contributed by atoms with Crippen molar-refractivity contribution in [3.05, 3.63) is 84.0 Å². The minimum absolute atomic E-state index is 0.339. The Labute approximate surface area is 205 Å². The Morgan fingerprint density at radius 1 is 0.939 bits per heavy atom. The third kappa shape index (κ3) is 5.16. The van der Waals surface area contributed by atoms with Crippen LogP contribution in [0.3, 0.4) is 0 Å². The topological polar surface area (TPSA) is 0 Å². The van der Waals surface area contributed by atoms with Crippen LogP contribution in [0.1, 0.15) is 92.4 Å². The monoisotopic (exact) mass is 444 g/mol. The number of hydrogen-bond acceptors (Lipinski definition) is 0. The molecule has 1 aromatic rings. The molecular weight excluding hydrogens is 396 g/mol. The summed E-state index contributed by atoms with van der Waals surface area (Å²) in [5.74, 6) is 2.46. The van der Waals surface area contributed by atoms with Gasteiger partial charge in [0.1, 0.15) is 0 Å². The minimum atomic E-state index is 0.339. The molecule has 2 unspecified atom stereocenters. The first-order chi connectivity index (χ1) is 15.8. The maximum Gasteiger partial charge on any atom is 0.0101 e. The fraction of sp³-hybridized carbons (Fsp3) is 0.576. The molecule has 0 bridgehead atoms. The lowest BCUT2D eigenvalue weighted by Gasteiger charge is -2.54. The molecule has 4 aliphatic carbocycles. The van der Waals surface area contributed by atoms with E-state index in [-0.39, 0.29) is 0 Å². The van der Waals surface area contributed by atoms with Gasteiger partial charge < -0.3 is 0 Å². The molecule has 0 heteroatoms. The summed E-state index contributed by atoms with van der Waals surface area (Å²) in [6.45, 7) is 20.3. The van der Waals surface area contributed by atoms with Crippen LogP contribution in [0.4, 0.5) is 0 Å². The van der Waals surface area contributed by atoms with Crippen LogP contribution in [0.15, 0.2) is 84.0 Å². The molecule has 180 valence electrons. The molecule has 2 fully saturated rings. The van der Waals surface area contributed by atoms with Gasteiger partial charge in [-0.1, -0.05) is 125 Å². The van der Waals surface area contributed by atoms with Crippen molar-refractivity contribution < 1.29 is 0 Å². The molecule has 1 aromatic carbocycles. The molecule has 0 nitrogen and oxygen atoms in total. The number of fused-ring (bicyclic) bond motifs is 5. The summed E-state index contributed by atoms with van der Waals surface area (Å²) in [5.41, 5.74) is 7.15. The van der Waals surface area contributed by atoms with Crippen molar-refractivity contribution in [2.24, 2.45) is 28.6 Å². The van der Waals surface area contributed by atoms with Crippen molar-refractivity contribution in [2.75, 3.05) is 0 Å². The van der Waals surface area contributed by atoms with E-state index in [9.17, 15) is 0 Å². The summed E-state index contributed by atoms with van der Waals surface area (Å²) in [7, 11) is 0. The second-order valence-corrected chi connectivity index (χ2v) is 11.3. The van der Waals surface area contributed by atoms with Crippen LogP contribution >= 0.6 is 0 Å². The summed E-state index contributed by atoms with van der Waals surface area (Å²) >= 11 is 0. The summed E-state index contributed by atoms with van der Waals surface area (Å²) < 4.78 is 0. The van der Waals surface area contributed by atoms with Gasteiger partial charge in [-0.05, 0) is 74.5 Å². The Bertz CT molecular complexity index is 842. The molecule has 4 aliphatic rings. The minimum Gasteiger partial charge on any atom is -0.0996 e. The molecule has 0 N–H and O–H groups in total. The molecule has 2 saturated carbocycles. The second kappa shape index (κ2) is 11.1. The maximum absolute atomic E-state index is 4.44. The van der Waals surface area contributed by atoms with Gasteiger partial charge in [-0.15, -0.1) is 0 Å². The highest BCUT2D eigenvalue weighted by molar-refractivity contribution is 5.43. The van der Waals surface area contributed by atoms with Crippen LogP contribution in [0.5, 0.6) is 0 Å². The molecule has 0 heterocycles. The Morgan fingerprint density at radius 2 is 1.55 bits per heavy atom. The molecule has 5 rings (SSSR count). The summed E-state index contributed by atoms with van der Waals surface area (Å²) in [6, 6.07) is 12.0. The first-order valence-corrected chi connectivity index (χ1v) is 13.6. The van der Waals surface area contributed by atoms with E-state index in [4.69, 9.17) is 0 Å². The average molecular weight is 445 g/mol. The van der Waals surface area contributed by atoms with Gasteiger partial charge in [0.2, 0.25) is 0 Å². The summed E-state index contributed by atoms with van der Waals surface area (Å²) in [4.78, 5) is 0. The van der Waals surface area contributed by atoms with Crippen molar-refractivity contribution in [3.8, 4) is 0 Å². The van der Waals surface area contributed by atoms with Crippen LogP contribution in [-0.2, 0) is 0 Å². The van der Waals surface area contributed by atoms with Gasteiger partial charge >= 0.3 is 0 Å². The number of rotatable bonds is 2. The molecule has 5 atom stereocenters. The van der Waals surface area contributed by atoms with Gasteiger partial charge in [-0.3, -0.25) is 0 Å². The van der Waals surface area contributed by atoms with Crippen LogP contribution in [0.2, 0.25) is 0 Å². The maximum atomic E-state index is 4.44. The molecular formula is C33H48. The normalized spacial score (nSPS) is 34.1. The van der Waals surface area contributed by atoms with E-state index in [1.807, 2.05) is 36.4 Å². The lowest BCUT2D eigenvalue weighted by molar-refractivity contribution is 0.0963. The lowest BCUT2D eigenvalue weighted by Crippen LogP contribution is -2.44. The molecule has 0 aliphatic heterocycles. The second-order valence-electron chi connectivity index (χ2n) is 11.3. The van der Waals surface area contributed by atoms with Gasteiger partial charge in [-0.2, -0.15) is 0 Å². The molecule has 33 heavy (non-hydrogen) atoms. The van der Waals surface area contributed by atoms with E-state index in [1.165, 1.54) is 62.5 Å². The van der Waals surface area contributed by atoms with E-state index in [2.05, 4.69) is 59.9 Å². The standard InChI is InChI=1S/C24H34.C6H6.C3H8/c1-6-17(3)20-9-10-21-19-8-7-18-15-16(2)11-13-23(18,4)22(19)12-14-24(20,21)5;1-2-4-6-5-3-1;1-3-2/h12,15,19-21H,2-3,6-11,13-14H2,1,4-5H3;1-6H;3H2,1-2H3/t19?,20-,21?,23+,24-;;/m1../s1. The third-order valence-corrected chi connectivity index (χ3v) is 9.07. The van der Waals surface area contributed by atoms with E-state index >= 15 is 0 Å². The zero-order valence-electron chi connectivity index (χ0n) is 22.1. The first-order valence-electron chi connectivity index (χ1n) is 13.6. The fourth-order valence-electron chi connectivity index (χ4n) is 7.25. The Balaban J connectivity index is 0.000000288. The molecule has 0 aromatic heterocycles. The fourth-order valence-corrected chi connectivity index (χ4v) is 7.25. The van der Waals surface area contributed by atoms with Gasteiger partial charge in [0.25, 0.3) is 0 Å². The Hall–Kier alpha value is -1.82. The Kier molecular flexibility index (Phi) is 8.65. The SMILES string of the molecule is C=C1C=C2CCC3C(=CC[C@@]4(C)C3CC[C@@H]4C(=C)CC)[C@@]2(C)CC1.CCC.c1ccccc1. The van der Waals surface area contributed by atoms with Crippen LogP contribution in [0, 0.1) is 28.6 Å². The smallest absolute Gasteiger partial charge is 0.0101 e. The van der Waals surface area contributed by atoms with E-state index in [0.717, 1.165) is 24.2 Å². The van der Waals surface area contributed by atoms with E-state index < -0.39 is 0 Å². The van der Waals surface area contributed by atoms with E-state index in [0.29, 0.717) is 10.8 Å². The van der Waals surface area contributed by atoms with Gasteiger partial charge in [0, 0.05) is 5.41 Å². The summed E-state index contributed by atoms with van der Waals surface area (Å²) in [6.07, 6.45) is 16.7. The highest BCUT2D eigenvalue weighted by atomic mass is 14.6. The largest absolute Gasteiger partial charge is 0.0996 e. The summed E-state index contributed by atoms with van der Waals surface area (Å²) in [5, 5.41) is 0. The molecule has 0 radical (unpaired) electrons. The highest BCUT2D eigenvalue weighted by Crippen LogP contribution is 2.65. The average Bonchev–Trinajstić information content (AvgIpc) is 3.18. The van der Waals surface area contributed by atoms with Gasteiger partial charge in [0.15, 0.2) is 0 Å². The number of benzene rings is 1. The Morgan fingerprint density at radius 3 is 2.12 bits per heavy atom. The van der Waals surface area contributed by atoms with Crippen LogP contribution in [0.25, 0.3) is 0 Å². The quantitative estimate of drug-likeness (QED) is 0.398. The van der Waals surface area contributed by atoms with Crippen LogP contribution in [-0.4, -0.2) is 0 Å². The zero-order chi connectivity index (χ0) is 24.1. The van der Waals surface area contributed by atoms with Crippen molar-refractivity contribution >= 4 is 0 Å². The number of allylic oxidation sites excluding steroid dienone is 6. The van der Waals surface area contributed by atoms with E-state index in [1.54, 1.807) is 11.1 Å². The highest BCUT2D eigenvalue weighted by Gasteiger charge is 2.55. The predicted octanol–water partition coefficient (Wildman–Crippen LogP) is 10.1. The molecule has 0 amide bonds. The van der Waals surface area contributed by atoms with Crippen molar-refractivity contribution in [3.63, 3.8) is 0 Å². The third-order valence-electron chi connectivity index (χ3n) is 9.07. The first kappa shape index (κ1) is 25.8. The number of hydrogen-bond donors (Lipinski definition) is 0.